The van der Waals surface area contributed by atoms with Crippen molar-refractivity contribution in [1.29, 1.82) is 5.26 Å². The van der Waals surface area contributed by atoms with E-state index in [0.29, 0.717) is 11.0 Å². The van der Waals surface area contributed by atoms with Crippen LogP contribution in [0.15, 0.2) is 30.5 Å². The first-order chi connectivity index (χ1) is 14.2. The number of imide groups is 1. The molecule has 2 saturated heterocycles. The zero-order chi connectivity index (χ0) is 23.3. The van der Waals surface area contributed by atoms with Crippen LogP contribution in [0.25, 0.3) is 0 Å². The van der Waals surface area contributed by atoms with E-state index in [1.807, 2.05) is 0 Å². The lowest BCUT2D eigenvalue weighted by Crippen LogP contribution is -2.54. The molecule has 0 bridgehead atoms. The van der Waals surface area contributed by atoms with E-state index in [4.69, 9.17) is 10.00 Å². The molecule has 0 radical (unpaired) electrons. The van der Waals surface area contributed by atoms with Gasteiger partial charge in [-0.3, -0.25) is 14.6 Å². The van der Waals surface area contributed by atoms with E-state index >= 15 is 0 Å². The molecule has 2 aliphatic heterocycles. The van der Waals surface area contributed by atoms with Crippen molar-refractivity contribution in [2.75, 3.05) is 18.0 Å². The number of hydrogen-bond acceptors (Lipinski definition) is 5. The number of urea groups is 1. The van der Waals surface area contributed by atoms with Gasteiger partial charge in [-0.2, -0.15) is 18.4 Å². The molecule has 3 rings (SSSR count). The first-order valence-electron chi connectivity index (χ1n) is 9.19. The van der Waals surface area contributed by atoms with Crippen LogP contribution >= 0.6 is 0 Å². The second kappa shape index (κ2) is 7.30. The van der Waals surface area contributed by atoms with E-state index in [1.54, 1.807) is 20.8 Å². The number of anilines is 1. The summed E-state index contributed by atoms with van der Waals surface area (Å²) in [5, 5.41) is 8.94. The number of nitriles is 1. The maximum Gasteiger partial charge on any atom is 0.417 e. The maximum absolute atomic E-state index is 13.3. The van der Waals surface area contributed by atoms with Gasteiger partial charge in [0.15, 0.2) is 0 Å². The van der Waals surface area contributed by atoms with Crippen molar-refractivity contribution in [3.8, 4) is 6.07 Å². The molecule has 11 heteroatoms. The summed E-state index contributed by atoms with van der Waals surface area (Å²) in [4.78, 5) is 41.1. The number of fused-ring (bicyclic) bond motifs is 1. The Morgan fingerprint density at radius 3 is 2.45 bits per heavy atom. The molecule has 0 spiro atoms. The molecule has 0 saturated carbocycles. The molecule has 1 atom stereocenters. The molecule has 0 N–H and O–H groups in total. The highest BCUT2D eigenvalue weighted by molar-refractivity contribution is 6.22. The molecule has 8 nitrogen and oxygen atoms in total. The Hall–Kier alpha value is -3.55. The van der Waals surface area contributed by atoms with Crippen LogP contribution in [-0.2, 0) is 15.7 Å². The van der Waals surface area contributed by atoms with Crippen molar-refractivity contribution in [3.63, 3.8) is 0 Å². The van der Waals surface area contributed by atoms with E-state index in [2.05, 4.69) is 6.58 Å². The predicted molar refractivity (Wildman–Crippen MR) is 102 cm³/mol. The van der Waals surface area contributed by atoms with Crippen molar-refractivity contribution < 1.29 is 32.3 Å². The second-order valence-electron chi connectivity index (χ2n) is 8.11. The molecule has 164 valence electrons. The fraction of sp³-hybridized carbons (Fsp3) is 0.400. The summed E-state index contributed by atoms with van der Waals surface area (Å²) >= 11 is 0. The Labute approximate surface area is 176 Å². The van der Waals surface area contributed by atoms with Crippen LogP contribution in [-0.4, -0.2) is 52.6 Å². The summed E-state index contributed by atoms with van der Waals surface area (Å²) in [5.74, 6) is -0.808. The maximum atomic E-state index is 13.3. The lowest BCUT2D eigenvalue weighted by atomic mass is 10.1. The summed E-state index contributed by atoms with van der Waals surface area (Å²) in [5.41, 5.74) is -2.87. The number of ether oxygens (including phenoxy) is 1. The van der Waals surface area contributed by atoms with Crippen molar-refractivity contribution >= 4 is 23.7 Å². The lowest BCUT2D eigenvalue weighted by molar-refractivity contribution is -0.137. The van der Waals surface area contributed by atoms with Crippen LogP contribution in [0, 0.1) is 11.3 Å². The molecule has 0 aliphatic carbocycles. The lowest BCUT2D eigenvalue weighted by Gasteiger charge is -2.37. The number of amides is 4. The third kappa shape index (κ3) is 4.05. The molecule has 2 aliphatic rings. The fourth-order valence-corrected chi connectivity index (χ4v) is 3.39. The largest absolute Gasteiger partial charge is 0.444 e. The third-order valence-corrected chi connectivity index (χ3v) is 4.66. The Kier molecular flexibility index (Phi) is 5.21. The molecular weight excluding hydrogens is 417 g/mol. The summed E-state index contributed by atoms with van der Waals surface area (Å²) in [6, 6.07) is 2.00. The van der Waals surface area contributed by atoms with E-state index < -0.39 is 47.0 Å². The minimum Gasteiger partial charge on any atom is -0.444 e. The van der Waals surface area contributed by atoms with Crippen LogP contribution in [0.5, 0.6) is 0 Å². The molecule has 31 heavy (non-hydrogen) atoms. The quantitative estimate of drug-likeness (QED) is 0.629. The van der Waals surface area contributed by atoms with Gasteiger partial charge in [0.2, 0.25) is 0 Å². The summed E-state index contributed by atoms with van der Waals surface area (Å²) in [6.07, 6.45) is -5.55. The summed E-state index contributed by atoms with van der Waals surface area (Å²) in [6.45, 7) is 8.47. The van der Waals surface area contributed by atoms with Gasteiger partial charge in [-0.05, 0) is 39.0 Å². The molecule has 2 fully saturated rings. The van der Waals surface area contributed by atoms with Gasteiger partial charge >= 0.3 is 18.3 Å². The molecule has 1 aromatic carbocycles. The average Bonchev–Trinajstić information content (AvgIpc) is 2.90. The minimum absolute atomic E-state index is 0.0839. The number of piperazine rings is 1. The zero-order valence-corrected chi connectivity index (χ0v) is 17.0. The highest BCUT2D eigenvalue weighted by Gasteiger charge is 2.51. The highest BCUT2D eigenvalue weighted by atomic mass is 19.4. The number of halogens is 3. The van der Waals surface area contributed by atoms with Crippen LogP contribution in [0.1, 0.15) is 31.9 Å². The summed E-state index contributed by atoms with van der Waals surface area (Å²) < 4.78 is 45.2. The van der Waals surface area contributed by atoms with Crippen molar-refractivity contribution in [2.24, 2.45) is 0 Å². The van der Waals surface area contributed by atoms with Gasteiger partial charge in [-0.1, -0.05) is 6.58 Å². The topological polar surface area (TPSA) is 94.0 Å². The van der Waals surface area contributed by atoms with Gasteiger partial charge in [0.05, 0.1) is 36.0 Å². The Bertz CT molecular complexity index is 1020. The average molecular weight is 436 g/mol. The Morgan fingerprint density at radius 2 is 1.90 bits per heavy atom. The number of hydrogen-bond donors (Lipinski definition) is 0. The van der Waals surface area contributed by atoms with E-state index in [9.17, 15) is 27.6 Å². The Balaban J connectivity index is 1.94. The van der Waals surface area contributed by atoms with Crippen molar-refractivity contribution in [1.82, 2.24) is 9.80 Å². The highest BCUT2D eigenvalue weighted by Crippen LogP contribution is 2.37. The molecule has 1 aromatic rings. The monoisotopic (exact) mass is 436 g/mol. The number of alkyl halides is 3. The number of benzene rings is 1. The van der Waals surface area contributed by atoms with Crippen molar-refractivity contribution in [2.45, 2.75) is 38.6 Å². The third-order valence-electron chi connectivity index (χ3n) is 4.66. The van der Waals surface area contributed by atoms with Crippen LogP contribution in [0.4, 0.5) is 28.4 Å². The first-order valence-corrected chi connectivity index (χ1v) is 9.19. The number of rotatable bonds is 1. The number of nitrogens with zero attached hydrogens (tertiary/aromatic N) is 4. The first kappa shape index (κ1) is 22.1. The van der Waals surface area contributed by atoms with Gasteiger partial charge in [-0.25, -0.2) is 14.5 Å². The van der Waals surface area contributed by atoms with Crippen molar-refractivity contribution in [3.05, 3.63) is 41.6 Å². The van der Waals surface area contributed by atoms with Gasteiger partial charge in [0.1, 0.15) is 11.6 Å². The standard InChI is InChI=1S/C20H19F3N4O4/c1-11-9-25(18(30)31-19(2,3)4)10-15-16(28)27(17(29)26(11)15)13-6-5-12(8-24)14(7-13)20(21,22)23/h5-7,15H,1,9-10H2,2-4H3/t15-/m1/s1. The van der Waals surface area contributed by atoms with Gasteiger partial charge < -0.3 is 4.74 Å². The molecule has 4 amide bonds. The molecule has 2 heterocycles. The normalized spacial score (nSPS) is 19.5. The van der Waals surface area contributed by atoms with Crippen LogP contribution < -0.4 is 4.90 Å². The fourth-order valence-electron chi connectivity index (χ4n) is 3.39. The number of carbonyl (C=O) groups is 3. The van der Waals surface area contributed by atoms with Gasteiger partial charge in [0.25, 0.3) is 5.91 Å². The SMILES string of the molecule is C=C1CN(C(=O)OC(C)(C)C)C[C@@H]2C(=O)N(c3ccc(C#N)c(C(F)(F)F)c3)C(=O)N12. The number of carbonyl (C=O) groups excluding carboxylic acids is 3. The van der Waals surface area contributed by atoms with Crippen LogP contribution in [0.3, 0.4) is 0 Å². The van der Waals surface area contributed by atoms with Gasteiger partial charge in [0, 0.05) is 5.70 Å². The predicted octanol–water partition coefficient (Wildman–Crippen LogP) is 3.48. The van der Waals surface area contributed by atoms with E-state index in [-0.39, 0.29) is 24.5 Å². The van der Waals surface area contributed by atoms with E-state index in [0.717, 1.165) is 17.0 Å². The zero-order valence-electron chi connectivity index (χ0n) is 17.0. The smallest absolute Gasteiger partial charge is 0.417 e. The van der Waals surface area contributed by atoms with Gasteiger partial charge in [-0.15, -0.1) is 0 Å². The molecule has 0 aromatic heterocycles. The minimum atomic E-state index is -4.85. The van der Waals surface area contributed by atoms with Crippen LogP contribution in [0.2, 0.25) is 0 Å². The molecule has 0 unspecified atom stereocenters. The Morgan fingerprint density at radius 1 is 1.26 bits per heavy atom. The van der Waals surface area contributed by atoms with E-state index in [1.165, 1.54) is 11.0 Å². The molecular formula is C20H19F3N4O4. The second-order valence-corrected chi connectivity index (χ2v) is 8.11. The summed E-state index contributed by atoms with van der Waals surface area (Å²) in [7, 11) is 0.